The van der Waals surface area contributed by atoms with Crippen LogP contribution in [0.25, 0.3) is 5.57 Å². The molecule has 2 aromatic rings. The highest BCUT2D eigenvalue weighted by Crippen LogP contribution is 2.60. The maximum absolute atomic E-state index is 13.8. The lowest BCUT2D eigenvalue weighted by atomic mass is 9.56. The summed E-state index contributed by atoms with van der Waals surface area (Å²) in [5.41, 5.74) is 7.52. The van der Waals surface area contributed by atoms with Gasteiger partial charge < -0.3 is 9.47 Å². The molecule has 0 N–H and O–H groups in total. The van der Waals surface area contributed by atoms with Gasteiger partial charge in [0, 0.05) is 5.57 Å². The summed E-state index contributed by atoms with van der Waals surface area (Å²) in [5, 5.41) is 0. The number of allylic oxidation sites excluding steroid dienone is 1. The summed E-state index contributed by atoms with van der Waals surface area (Å²) < 4.78 is 11.5. The third kappa shape index (κ3) is 2.03. The van der Waals surface area contributed by atoms with Crippen LogP contribution in [-0.2, 0) is 14.3 Å². The van der Waals surface area contributed by atoms with Crippen LogP contribution in [0.1, 0.15) is 17.0 Å². The van der Waals surface area contributed by atoms with Gasteiger partial charge in [-0.25, -0.2) is 0 Å². The number of ether oxygens (including phenoxy) is 2. The van der Waals surface area contributed by atoms with Crippen LogP contribution in [0, 0.1) is 5.41 Å². The van der Waals surface area contributed by atoms with Gasteiger partial charge in [0.1, 0.15) is 0 Å². The molecule has 1 saturated heterocycles. The summed E-state index contributed by atoms with van der Waals surface area (Å²) in [5.74, 6) is 0.00665. The average Bonchev–Trinajstić information content (AvgIpc) is 3.30. The van der Waals surface area contributed by atoms with E-state index < -0.39 is 0 Å². The molecule has 1 spiro atoms. The van der Waals surface area contributed by atoms with Gasteiger partial charge in [0.2, 0.25) is 0 Å². The van der Waals surface area contributed by atoms with Gasteiger partial charge in [-0.3, -0.25) is 4.79 Å². The summed E-state index contributed by atoms with van der Waals surface area (Å²) in [7, 11) is 0. The molecule has 0 amide bonds. The Balaban J connectivity index is 1.66. The lowest BCUT2D eigenvalue weighted by molar-refractivity contribution is -0.132. The fraction of sp³-hybridized carbons (Fsp3) is 0.240. The molecule has 6 rings (SSSR count). The Morgan fingerprint density at radius 2 is 1.57 bits per heavy atom. The van der Waals surface area contributed by atoms with E-state index in [4.69, 9.17) is 9.47 Å². The smallest absolute Gasteiger partial charge is 0.172 e. The number of ketones is 1. The predicted octanol–water partition coefficient (Wildman–Crippen LogP) is 4.09. The van der Waals surface area contributed by atoms with Crippen molar-refractivity contribution in [3.05, 3.63) is 100 Å². The first-order chi connectivity index (χ1) is 13.8. The minimum absolute atomic E-state index is 0.214. The standard InChI is InChI=1S/C25H20O3/c26-24-19-11-18-12-27-13-20(18)21(19)22(16-7-3-1-4-8-16)25(14-28-15-25)23(24)17-9-5-2-6-10-17/h1-11,23H,12-15H2/t23-/m1/s1. The second-order valence-electron chi connectivity index (χ2n) is 8.03. The first-order valence-corrected chi connectivity index (χ1v) is 9.79. The predicted molar refractivity (Wildman–Crippen MR) is 107 cm³/mol. The number of hydrogen-bond donors (Lipinski definition) is 0. The molecule has 138 valence electrons. The monoisotopic (exact) mass is 368 g/mol. The lowest BCUT2D eigenvalue weighted by Gasteiger charge is -2.52. The highest BCUT2D eigenvalue weighted by Gasteiger charge is 2.58. The van der Waals surface area contributed by atoms with E-state index in [9.17, 15) is 4.79 Å². The largest absolute Gasteiger partial charge is 0.379 e. The molecule has 4 aliphatic rings. The van der Waals surface area contributed by atoms with E-state index in [1.807, 2.05) is 24.3 Å². The van der Waals surface area contributed by atoms with Crippen molar-refractivity contribution in [2.45, 2.75) is 5.92 Å². The molecule has 3 nitrogen and oxygen atoms in total. The Bertz CT molecular complexity index is 1070. The normalized spacial score (nSPS) is 24.9. The van der Waals surface area contributed by atoms with E-state index in [0.29, 0.717) is 26.4 Å². The van der Waals surface area contributed by atoms with E-state index in [0.717, 1.165) is 22.3 Å². The molecule has 0 saturated carbocycles. The summed E-state index contributed by atoms with van der Waals surface area (Å²) in [6.07, 6.45) is 2.07. The second kappa shape index (κ2) is 5.87. The molecule has 1 fully saturated rings. The molecule has 2 aliphatic heterocycles. The van der Waals surface area contributed by atoms with Crippen molar-refractivity contribution in [2.24, 2.45) is 5.41 Å². The van der Waals surface area contributed by atoms with Crippen molar-refractivity contribution in [3.8, 4) is 0 Å². The maximum Gasteiger partial charge on any atom is 0.172 e. The Morgan fingerprint density at radius 3 is 2.25 bits per heavy atom. The highest BCUT2D eigenvalue weighted by molar-refractivity contribution is 6.14. The summed E-state index contributed by atoms with van der Waals surface area (Å²) in [6.45, 7) is 2.32. The minimum atomic E-state index is -0.322. The van der Waals surface area contributed by atoms with Crippen LogP contribution in [0.4, 0.5) is 0 Å². The van der Waals surface area contributed by atoms with Gasteiger partial charge in [0.25, 0.3) is 0 Å². The van der Waals surface area contributed by atoms with E-state index in [1.54, 1.807) is 0 Å². The summed E-state index contributed by atoms with van der Waals surface area (Å²) >= 11 is 0. The minimum Gasteiger partial charge on any atom is -0.379 e. The molecule has 0 unspecified atom stereocenters. The van der Waals surface area contributed by atoms with E-state index >= 15 is 0 Å². The Hall–Kier alpha value is -2.75. The van der Waals surface area contributed by atoms with Crippen LogP contribution in [0.5, 0.6) is 0 Å². The van der Waals surface area contributed by atoms with Crippen LogP contribution in [0.15, 0.2) is 89.0 Å². The molecular formula is C25H20O3. The van der Waals surface area contributed by atoms with Gasteiger partial charge in [0.05, 0.1) is 37.8 Å². The van der Waals surface area contributed by atoms with E-state index in [-0.39, 0.29) is 17.1 Å². The van der Waals surface area contributed by atoms with Crippen LogP contribution >= 0.6 is 0 Å². The van der Waals surface area contributed by atoms with Gasteiger partial charge >= 0.3 is 0 Å². The van der Waals surface area contributed by atoms with Crippen molar-refractivity contribution in [2.75, 3.05) is 26.4 Å². The van der Waals surface area contributed by atoms with Gasteiger partial charge in [-0.2, -0.15) is 0 Å². The van der Waals surface area contributed by atoms with Crippen molar-refractivity contribution < 1.29 is 14.3 Å². The molecule has 2 aromatic carbocycles. The van der Waals surface area contributed by atoms with Crippen LogP contribution in [0.3, 0.4) is 0 Å². The van der Waals surface area contributed by atoms with E-state index in [2.05, 4.69) is 42.5 Å². The van der Waals surface area contributed by atoms with E-state index in [1.165, 1.54) is 16.7 Å². The lowest BCUT2D eigenvalue weighted by Crippen LogP contribution is -2.53. The van der Waals surface area contributed by atoms with Crippen molar-refractivity contribution in [1.29, 1.82) is 0 Å². The number of rotatable bonds is 2. The Labute approximate surface area is 164 Å². The van der Waals surface area contributed by atoms with Gasteiger partial charge in [-0.15, -0.1) is 0 Å². The zero-order chi connectivity index (χ0) is 18.7. The highest BCUT2D eigenvalue weighted by atomic mass is 16.5. The first kappa shape index (κ1) is 16.2. The van der Waals surface area contributed by atoms with Crippen molar-refractivity contribution >= 4 is 11.4 Å². The quantitative estimate of drug-likeness (QED) is 0.801. The molecular weight excluding hydrogens is 348 g/mol. The SMILES string of the molecule is O=C1C2=CC3=C(COC3)C2=C(c2ccccc2)C2(COC2)[C@@H]1c1ccccc1. The molecule has 0 bridgehead atoms. The van der Waals surface area contributed by atoms with Gasteiger partial charge in [0.15, 0.2) is 5.78 Å². The molecule has 28 heavy (non-hydrogen) atoms. The molecule has 0 aromatic heterocycles. The number of fused-ring (bicyclic) bond motifs is 2. The van der Waals surface area contributed by atoms with Gasteiger partial charge in [-0.1, -0.05) is 60.7 Å². The number of benzene rings is 2. The summed E-state index contributed by atoms with van der Waals surface area (Å²) in [4.78, 5) is 13.8. The number of carbonyl (C=O) groups excluding carboxylic acids is 1. The number of carbonyl (C=O) groups is 1. The maximum atomic E-state index is 13.8. The van der Waals surface area contributed by atoms with Crippen LogP contribution in [-0.4, -0.2) is 32.2 Å². The zero-order valence-electron chi connectivity index (χ0n) is 15.5. The fourth-order valence-electron chi connectivity index (χ4n) is 5.28. The van der Waals surface area contributed by atoms with Crippen LogP contribution in [0.2, 0.25) is 0 Å². The second-order valence-corrected chi connectivity index (χ2v) is 8.03. The van der Waals surface area contributed by atoms with Crippen molar-refractivity contribution in [1.82, 2.24) is 0 Å². The Morgan fingerprint density at radius 1 is 0.857 bits per heavy atom. The fourth-order valence-corrected chi connectivity index (χ4v) is 5.28. The zero-order valence-corrected chi connectivity index (χ0v) is 15.5. The molecule has 1 atom stereocenters. The van der Waals surface area contributed by atoms with Crippen LogP contribution < -0.4 is 0 Å². The third-order valence-corrected chi connectivity index (χ3v) is 6.52. The third-order valence-electron chi connectivity index (χ3n) is 6.52. The topological polar surface area (TPSA) is 35.5 Å². The molecule has 3 heteroatoms. The first-order valence-electron chi connectivity index (χ1n) is 9.79. The molecule has 2 heterocycles. The average molecular weight is 368 g/mol. The summed E-state index contributed by atoms with van der Waals surface area (Å²) in [6, 6.07) is 20.7. The number of hydrogen-bond acceptors (Lipinski definition) is 3. The Kier molecular flexibility index (Phi) is 3.40. The molecule has 0 radical (unpaired) electrons. The van der Waals surface area contributed by atoms with Crippen molar-refractivity contribution in [3.63, 3.8) is 0 Å². The number of Topliss-reactive ketones (excluding diaryl/α,β-unsaturated/α-hetero) is 1. The molecule has 2 aliphatic carbocycles. The van der Waals surface area contributed by atoms with Gasteiger partial charge in [-0.05, 0) is 39.5 Å².